The van der Waals surface area contributed by atoms with Gasteiger partial charge in [-0.15, -0.1) is 0 Å². The number of nitrogens with two attached hydrogens (primary N) is 1. The first kappa shape index (κ1) is 11.7. The summed E-state index contributed by atoms with van der Waals surface area (Å²) in [5.41, 5.74) is 12.0. The molecule has 0 aliphatic heterocycles. The highest BCUT2D eigenvalue weighted by molar-refractivity contribution is 5.82. The monoisotopic (exact) mass is 249 g/mol. The Hall–Kier alpha value is -2.42. The first-order valence-electron chi connectivity index (χ1n) is 6.25. The van der Waals surface area contributed by atoms with Gasteiger partial charge in [-0.05, 0) is 43.2 Å². The smallest absolute Gasteiger partial charge is 0.150 e. The number of rotatable bonds is 1. The summed E-state index contributed by atoms with van der Waals surface area (Å²) < 4.78 is 0. The zero-order chi connectivity index (χ0) is 13.4. The van der Waals surface area contributed by atoms with Crippen LogP contribution < -0.4 is 5.73 Å². The van der Waals surface area contributed by atoms with Crippen LogP contribution in [0.5, 0.6) is 0 Å². The summed E-state index contributed by atoms with van der Waals surface area (Å²) in [5.74, 6) is 0.474. The van der Waals surface area contributed by atoms with Crippen molar-refractivity contribution in [3.63, 3.8) is 0 Å². The van der Waals surface area contributed by atoms with E-state index in [1.54, 1.807) is 0 Å². The summed E-state index contributed by atoms with van der Waals surface area (Å²) in [7, 11) is 0. The molecule has 0 bridgehead atoms. The maximum absolute atomic E-state index is 6.03. The van der Waals surface area contributed by atoms with E-state index >= 15 is 0 Å². The van der Waals surface area contributed by atoms with Crippen LogP contribution in [0.4, 0.5) is 5.82 Å². The molecule has 0 amide bonds. The molecule has 2 aromatic carbocycles. The van der Waals surface area contributed by atoms with Crippen LogP contribution >= 0.6 is 0 Å². The van der Waals surface area contributed by atoms with Crippen molar-refractivity contribution in [3.05, 3.63) is 53.6 Å². The second-order valence-corrected chi connectivity index (χ2v) is 4.75. The van der Waals surface area contributed by atoms with Gasteiger partial charge in [-0.2, -0.15) is 0 Å². The topological polar surface area (TPSA) is 51.8 Å². The molecule has 0 atom stereocenters. The van der Waals surface area contributed by atoms with E-state index in [1.807, 2.05) is 30.3 Å². The molecule has 0 radical (unpaired) electrons. The minimum atomic E-state index is 0.474. The second kappa shape index (κ2) is 4.35. The minimum absolute atomic E-state index is 0.474. The van der Waals surface area contributed by atoms with Crippen molar-refractivity contribution in [1.82, 2.24) is 9.97 Å². The lowest BCUT2D eigenvalue weighted by Crippen LogP contribution is -1.98. The number of benzene rings is 2. The van der Waals surface area contributed by atoms with Crippen molar-refractivity contribution in [1.29, 1.82) is 0 Å². The van der Waals surface area contributed by atoms with Gasteiger partial charge in [-0.3, -0.25) is 0 Å². The fourth-order valence-corrected chi connectivity index (χ4v) is 2.11. The Balaban J connectivity index is 2.23. The van der Waals surface area contributed by atoms with E-state index in [9.17, 15) is 0 Å². The maximum Gasteiger partial charge on any atom is 0.150 e. The molecular formula is C16H15N3. The fraction of sp³-hybridized carbons (Fsp3) is 0.125. The van der Waals surface area contributed by atoms with E-state index in [1.165, 1.54) is 11.1 Å². The Kier molecular flexibility index (Phi) is 2.67. The third-order valence-electron chi connectivity index (χ3n) is 3.38. The predicted molar refractivity (Wildman–Crippen MR) is 78.9 cm³/mol. The first-order valence-corrected chi connectivity index (χ1v) is 6.25. The molecule has 19 heavy (non-hydrogen) atoms. The van der Waals surface area contributed by atoms with Crippen molar-refractivity contribution in [2.45, 2.75) is 13.8 Å². The number of anilines is 1. The fourth-order valence-electron chi connectivity index (χ4n) is 2.11. The Morgan fingerprint density at radius 1 is 0.842 bits per heavy atom. The number of aryl methyl sites for hydroxylation is 2. The number of para-hydroxylation sites is 2. The van der Waals surface area contributed by atoms with Gasteiger partial charge in [0.2, 0.25) is 0 Å². The SMILES string of the molecule is Cc1ccc(-c2nc3ccccc3nc2N)cc1C. The number of hydrogen-bond acceptors (Lipinski definition) is 3. The summed E-state index contributed by atoms with van der Waals surface area (Å²) in [4.78, 5) is 9.05. The summed E-state index contributed by atoms with van der Waals surface area (Å²) in [6.07, 6.45) is 0. The average Bonchev–Trinajstić information content (AvgIpc) is 2.41. The third kappa shape index (κ3) is 2.03. The largest absolute Gasteiger partial charge is 0.382 e. The molecule has 0 aliphatic rings. The number of aromatic nitrogens is 2. The molecule has 3 aromatic rings. The number of fused-ring (bicyclic) bond motifs is 1. The Morgan fingerprint density at radius 2 is 1.53 bits per heavy atom. The second-order valence-electron chi connectivity index (χ2n) is 4.75. The molecule has 0 saturated heterocycles. The van der Waals surface area contributed by atoms with Crippen LogP contribution in [0.3, 0.4) is 0 Å². The highest BCUT2D eigenvalue weighted by Gasteiger charge is 2.08. The van der Waals surface area contributed by atoms with Gasteiger partial charge in [0.25, 0.3) is 0 Å². The summed E-state index contributed by atoms with van der Waals surface area (Å²) in [6, 6.07) is 14.0. The summed E-state index contributed by atoms with van der Waals surface area (Å²) >= 11 is 0. The lowest BCUT2D eigenvalue weighted by Gasteiger charge is -2.08. The van der Waals surface area contributed by atoms with E-state index < -0.39 is 0 Å². The zero-order valence-corrected chi connectivity index (χ0v) is 11.0. The molecule has 3 nitrogen and oxygen atoms in total. The van der Waals surface area contributed by atoms with Crippen molar-refractivity contribution >= 4 is 16.9 Å². The molecule has 0 spiro atoms. The molecule has 0 unspecified atom stereocenters. The molecule has 2 N–H and O–H groups in total. The Bertz CT molecular complexity index is 763. The normalized spacial score (nSPS) is 10.8. The van der Waals surface area contributed by atoms with E-state index in [-0.39, 0.29) is 0 Å². The van der Waals surface area contributed by atoms with Crippen LogP contribution in [-0.4, -0.2) is 9.97 Å². The maximum atomic E-state index is 6.03. The molecule has 1 aromatic heterocycles. The summed E-state index contributed by atoms with van der Waals surface area (Å²) in [6.45, 7) is 4.18. The highest BCUT2D eigenvalue weighted by atomic mass is 14.9. The van der Waals surface area contributed by atoms with Gasteiger partial charge in [0.15, 0.2) is 5.82 Å². The van der Waals surface area contributed by atoms with Crippen molar-refractivity contribution in [3.8, 4) is 11.3 Å². The van der Waals surface area contributed by atoms with Crippen LogP contribution in [0, 0.1) is 13.8 Å². The van der Waals surface area contributed by atoms with Crippen LogP contribution in [0.25, 0.3) is 22.3 Å². The van der Waals surface area contributed by atoms with E-state index in [0.717, 1.165) is 22.3 Å². The quantitative estimate of drug-likeness (QED) is 0.718. The summed E-state index contributed by atoms with van der Waals surface area (Å²) in [5, 5.41) is 0. The van der Waals surface area contributed by atoms with Crippen LogP contribution in [0.1, 0.15) is 11.1 Å². The van der Waals surface area contributed by atoms with E-state index in [2.05, 4.69) is 35.9 Å². The van der Waals surface area contributed by atoms with Crippen LogP contribution in [-0.2, 0) is 0 Å². The molecule has 1 heterocycles. The number of nitrogens with zero attached hydrogens (tertiary/aromatic N) is 2. The molecule has 3 rings (SSSR count). The van der Waals surface area contributed by atoms with Gasteiger partial charge in [0.1, 0.15) is 5.69 Å². The first-order chi connectivity index (χ1) is 9.15. The van der Waals surface area contributed by atoms with Crippen LogP contribution in [0.15, 0.2) is 42.5 Å². The van der Waals surface area contributed by atoms with Gasteiger partial charge >= 0.3 is 0 Å². The molecule has 3 heteroatoms. The molecular weight excluding hydrogens is 234 g/mol. The van der Waals surface area contributed by atoms with Gasteiger partial charge in [0, 0.05) is 5.56 Å². The molecule has 94 valence electrons. The van der Waals surface area contributed by atoms with Crippen molar-refractivity contribution in [2.24, 2.45) is 0 Å². The average molecular weight is 249 g/mol. The zero-order valence-electron chi connectivity index (χ0n) is 11.0. The van der Waals surface area contributed by atoms with E-state index in [0.29, 0.717) is 5.82 Å². The molecule has 0 fully saturated rings. The van der Waals surface area contributed by atoms with E-state index in [4.69, 9.17) is 5.73 Å². The van der Waals surface area contributed by atoms with Gasteiger partial charge in [-0.1, -0.05) is 24.3 Å². The standard InChI is InChI=1S/C16H15N3/c1-10-7-8-12(9-11(10)2)15-16(17)19-14-6-4-3-5-13(14)18-15/h3-9H,1-2H3,(H2,17,19). The molecule has 0 saturated carbocycles. The highest BCUT2D eigenvalue weighted by Crippen LogP contribution is 2.26. The van der Waals surface area contributed by atoms with Gasteiger partial charge in [0.05, 0.1) is 11.0 Å². The lowest BCUT2D eigenvalue weighted by molar-refractivity contribution is 1.28. The predicted octanol–water partition coefficient (Wildman–Crippen LogP) is 3.50. The third-order valence-corrected chi connectivity index (χ3v) is 3.38. The van der Waals surface area contributed by atoms with Gasteiger partial charge < -0.3 is 5.73 Å². The Labute approximate surface area is 112 Å². The van der Waals surface area contributed by atoms with Gasteiger partial charge in [-0.25, -0.2) is 9.97 Å². The minimum Gasteiger partial charge on any atom is -0.382 e. The lowest BCUT2D eigenvalue weighted by atomic mass is 10.0. The van der Waals surface area contributed by atoms with Crippen molar-refractivity contribution < 1.29 is 0 Å². The van der Waals surface area contributed by atoms with Crippen LogP contribution in [0.2, 0.25) is 0 Å². The number of nitrogen functional groups attached to an aromatic ring is 1. The Morgan fingerprint density at radius 3 is 2.21 bits per heavy atom. The van der Waals surface area contributed by atoms with Crippen molar-refractivity contribution in [2.75, 3.05) is 5.73 Å². The number of hydrogen-bond donors (Lipinski definition) is 1. The molecule has 0 aliphatic carbocycles.